The first-order valence-corrected chi connectivity index (χ1v) is 4.81. The van der Waals surface area contributed by atoms with E-state index < -0.39 is 0 Å². The minimum Gasteiger partial charge on any atom is -0.352 e. The first kappa shape index (κ1) is 10.3. The number of hydrogen-bond donors (Lipinski definition) is 1. The number of nitrogens with one attached hydrogen (secondary N) is 1. The Morgan fingerprint density at radius 1 is 1.62 bits per heavy atom. The van der Waals surface area contributed by atoms with Gasteiger partial charge in [0.25, 0.3) is 0 Å². The molecule has 3 heteroatoms. The molecule has 3 nitrogen and oxygen atoms in total. The maximum absolute atomic E-state index is 10.9. The zero-order valence-corrected chi connectivity index (χ0v) is 8.25. The van der Waals surface area contributed by atoms with Crippen LogP contribution in [0.1, 0.15) is 12.8 Å². The average molecular weight is 182 g/mol. The fourth-order valence-corrected chi connectivity index (χ4v) is 1.58. The average Bonchev–Trinajstić information content (AvgIpc) is 2.16. The third-order valence-corrected chi connectivity index (χ3v) is 2.59. The molecule has 1 aliphatic rings. The summed E-state index contributed by atoms with van der Waals surface area (Å²) in [6, 6.07) is 0. The molecule has 1 heterocycles. The van der Waals surface area contributed by atoms with Gasteiger partial charge in [-0.1, -0.05) is 6.58 Å². The van der Waals surface area contributed by atoms with Gasteiger partial charge in [0.05, 0.1) is 0 Å². The number of hydrogen-bond acceptors (Lipinski definition) is 2. The zero-order chi connectivity index (χ0) is 9.68. The fraction of sp³-hybridized carbons (Fsp3) is 0.700. The van der Waals surface area contributed by atoms with Crippen molar-refractivity contribution in [1.82, 2.24) is 10.2 Å². The van der Waals surface area contributed by atoms with Crippen LogP contribution in [0.3, 0.4) is 0 Å². The van der Waals surface area contributed by atoms with Crippen molar-refractivity contribution in [3.8, 4) is 0 Å². The van der Waals surface area contributed by atoms with E-state index in [-0.39, 0.29) is 5.91 Å². The van der Waals surface area contributed by atoms with Crippen molar-refractivity contribution >= 4 is 5.91 Å². The number of amides is 1. The second-order valence-corrected chi connectivity index (χ2v) is 3.70. The van der Waals surface area contributed by atoms with E-state index in [9.17, 15) is 4.79 Å². The van der Waals surface area contributed by atoms with Crippen LogP contribution in [0.2, 0.25) is 0 Å². The highest BCUT2D eigenvalue weighted by molar-refractivity contribution is 5.86. The predicted octanol–water partition coefficient (Wildman–Crippen LogP) is 0.630. The van der Waals surface area contributed by atoms with Gasteiger partial charge in [-0.3, -0.25) is 4.79 Å². The molecule has 1 aliphatic heterocycles. The van der Waals surface area contributed by atoms with Gasteiger partial charge >= 0.3 is 0 Å². The lowest BCUT2D eigenvalue weighted by atomic mass is 9.97. The van der Waals surface area contributed by atoms with Gasteiger partial charge in [-0.15, -0.1) is 0 Å². The van der Waals surface area contributed by atoms with Gasteiger partial charge in [0.15, 0.2) is 0 Å². The highest BCUT2D eigenvalue weighted by atomic mass is 16.1. The zero-order valence-electron chi connectivity index (χ0n) is 8.25. The normalized spacial score (nSPS) is 19.8. The summed E-state index contributed by atoms with van der Waals surface area (Å²) in [5.41, 5.74) is 0. The van der Waals surface area contributed by atoms with Crippen LogP contribution in [-0.2, 0) is 4.79 Å². The molecule has 1 saturated heterocycles. The number of rotatable bonds is 3. The largest absolute Gasteiger partial charge is 0.352 e. The SMILES string of the molecule is C=CC(=O)NCC1CCN(C)CC1. The van der Waals surface area contributed by atoms with Crippen molar-refractivity contribution in [2.24, 2.45) is 5.92 Å². The minimum atomic E-state index is -0.0565. The summed E-state index contributed by atoms with van der Waals surface area (Å²) in [5.74, 6) is 0.596. The molecule has 74 valence electrons. The molecule has 0 saturated carbocycles. The van der Waals surface area contributed by atoms with E-state index in [1.807, 2.05) is 0 Å². The molecule has 13 heavy (non-hydrogen) atoms. The molecule has 0 aromatic carbocycles. The van der Waals surface area contributed by atoms with Gasteiger partial charge in [0.2, 0.25) is 5.91 Å². The Hall–Kier alpha value is -0.830. The quantitative estimate of drug-likeness (QED) is 0.649. The summed E-state index contributed by atoms with van der Waals surface area (Å²) in [7, 11) is 2.14. The number of nitrogens with zero attached hydrogens (tertiary/aromatic N) is 1. The lowest BCUT2D eigenvalue weighted by Crippen LogP contribution is -2.36. The first-order chi connectivity index (χ1) is 6.22. The van der Waals surface area contributed by atoms with Crippen molar-refractivity contribution < 1.29 is 4.79 Å². The number of carbonyl (C=O) groups is 1. The van der Waals surface area contributed by atoms with Gasteiger partial charge in [0, 0.05) is 6.54 Å². The van der Waals surface area contributed by atoms with Crippen molar-refractivity contribution in [1.29, 1.82) is 0 Å². The Morgan fingerprint density at radius 3 is 2.77 bits per heavy atom. The summed E-state index contributed by atoms with van der Waals surface area (Å²) in [6.07, 6.45) is 3.71. The lowest BCUT2D eigenvalue weighted by Gasteiger charge is -2.28. The molecule has 0 radical (unpaired) electrons. The van der Waals surface area contributed by atoms with Gasteiger partial charge in [0.1, 0.15) is 0 Å². The van der Waals surface area contributed by atoms with Crippen molar-refractivity contribution in [2.75, 3.05) is 26.7 Å². The summed E-state index contributed by atoms with van der Waals surface area (Å²) in [5, 5.41) is 2.84. The smallest absolute Gasteiger partial charge is 0.243 e. The highest BCUT2D eigenvalue weighted by Gasteiger charge is 2.16. The van der Waals surface area contributed by atoms with Crippen LogP contribution in [0.4, 0.5) is 0 Å². The third kappa shape index (κ3) is 3.59. The van der Waals surface area contributed by atoms with Gasteiger partial charge in [-0.05, 0) is 45.0 Å². The second kappa shape index (κ2) is 5.02. The van der Waals surface area contributed by atoms with E-state index in [2.05, 4.69) is 23.8 Å². The molecule has 1 N–H and O–H groups in total. The molecule has 0 aromatic heterocycles. The van der Waals surface area contributed by atoms with E-state index in [4.69, 9.17) is 0 Å². The molecule has 0 unspecified atom stereocenters. The van der Waals surface area contributed by atoms with Gasteiger partial charge < -0.3 is 10.2 Å². The second-order valence-electron chi connectivity index (χ2n) is 3.70. The topological polar surface area (TPSA) is 32.3 Å². The summed E-state index contributed by atoms with van der Waals surface area (Å²) in [4.78, 5) is 13.2. The summed E-state index contributed by atoms with van der Waals surface area (Å²) in [6.45, 7) is 6.52. The highest BCUT2D eigenvalue weighted by Crippen LogP contribution is 2.14. The maximum atomic E-state index is 10.9. The lowest BCUT2D eigenvalue weighted by molar-refractivity contribution is -0.116. The van der Waals surface area contributed by atoms with E-state index in [0.29, 0.717) is 5.92 Å². The molecule has 0 bridgehead atoms. The van der Waals surface area contributed by atoms with Crippen LogP contribution in [0.15, 0.2) is 12.7 Å². The predicted molar refractivity (Wildman–Crippen MR) is 53.4 cm³/mol. The van der Waals surface area contributed by atoms with Crippen LogP contribution in [0.5, 0.6) is 0 Å². The molecule has 0 spiro atoms. The van der Waals surface area contributed by atoms with E-state index in [0.717, 1.165) is 19.6 Å². The van der Waals surface area contributed by atoms with Gasteiger partial charge in [-0.2, -0.15) is 0 Å². The first-order valence-electron chi connectivity index (χ1n) is 4.81. The monoisotopic (exact) mass is 182 g/mol. The third-order valence-electron chi connectivity index (χ3n) is 2.59. The van der Waals surface area contributed by atoms with Crippen LogP contribution < -0.4 is 5.32 Å². The van der Waals surface area contributed by atoms with E-state index >= 15 is 0 Å². The van der Waals surface area contributed by atoms with Crippen molar-refractivity contribution in [3.05, 3.63) is 12.7 Å². The summed E-state index contributed by atoms with van der Waals surface area (Å²) >= 11 is 0. The van der Waals surface area contributed by atoms with Crippen molar-refractivity contribution in [2.45, 2.75) is 12.8 Å². The molecule has 1 amide bonds. The molecular formula is C10H18N2O. The fourth-order valence-electron chi connectivity index (χ4n) is 1.58. The number of piperidine rings is 1. The van der Waals surface area contributed by atoms with Crippen molar-refractivity contribution in [3.63, 3.8) is 0 Å². The van der Waals surface area contributed by atoms with E-state index in [1.165, 1.54) is 18.9 Å². The Balaban J connectivity index is 2.15. The standard InChI is InChI=1S/C10H18N2O/c1-3-10(13)11-8-9-4-6-12(2)7-5-9/h3,9H,1,4-8H2,2H3,(H,11,13). The van der Waals surface area contributed by atoms with Gasteiger partial charge in [-0.25, -0.2) is 0 Å². The Kier molecular flexibility index (Phi) is 3.96. The van der Waals surface area contributed by atoms with E-state index in [1.54, 1.807) is 0 Å². The molecular weight excluding hydrogens is 164 g/mol. The molecule has 0 aliphatic carbocycles. The van der Waals surface area contributed by atoms with Crippen LogP contribution in [0.25, 0.3) is 0 Å². The summed E-state index contributed by atoms with van der Waals surface area (Å²) < 4.78 is 0. The van der Waals surface area contributed by atoms with Crippen LogP contribution >= 0.6 is 0 Å². The molecule has 0 atom stereocenters. The molecule has 1 rings (SSSR count). The number of likely N-dealkylation sites (tertiary alicyclic amines) is 1. The molecule has 1 fully saturated rings. The Labute approximate surface area is 79.8 Å². The Morgan fingerprint density at radius 2 is 2.23 bits per heavy atom. The number of carbonyl (C=O) groups excluding carboxylic acids is 1. The minimum absolute atomic E-state index is 0.0565. The van der Waals surface area contributed by atoms with Crippen LogP contribution in [0, 0.1) is 5.92 Å². The molecule has 0 aromatic rings. The van der Waals surface area contributed by atoms with Crippen LogP contribution in [-0.4, -0.2) is 37.5 Å². The maximum Gasteiger partial charge on any atom is 0.243 e. The Bertz CT molecular complexity index is 183.